The average molecular weight is 367 g/mol. The van der Waals surface area contributed by atoms with Gasteiger partial charge in [-0.3, -0.25) is 0 Å². The molecule has 0 saturated carbocycles. The van der Waals surface area contributed by atoms with Crippen LogP contribution in [0.15, 0.2) is 29.2 Å². The van der Waals surface area contributed by atoms with E-state index in [2.05, 4.69) is 5.32 Å². The van der Waals surface area contributed by atoms with Crippen molar-refractivity contribution in [3.05, 3.63) is 24.3 Å². The van der Waals surface area contributed by atoms with E-state index in [1.807, 2.05) is 6.92 Å². The summed E-state index contributed by atoms with van der Waals surface area (Å²) in [4.78, 5) is 13.8. The minimum absolute atomic E-state index is 0.0908. The van der Waals surface area contributed by atoms with Crippen LogP contribution in [0.5, 0.6) is 5.75 Å². The summed E-state index contributed by atoms with van der Waals surface area (Å²) in [5, 5.41) is 2.64. The van der Waals surface area contributed by atoms with Crippen molar-refractivity contribution in [2.24, 2.45) is 5.41 Å². The lowest BCUT2D eigenvalue weighted by Gasteiger charge is -2.44. The number of fused-ring (bicyclic) bond motifs is 1. The predicted molar refractivity (Wildman–Crippen MR) is 94.1 cm³/mol. The summed E-state index contributed by atoms with van der Waals surface area (Å²) in [6.07, 6.45) is 1.43. The lowest BCUT2D eigenvalue weighted by molar-refractivity contribution is 0.0466. The highest BCUT2D eigenvalue weighted by molar-refractivity contribution is 7.89. The number of ether oxygens (including phenoxy) is 1. The van der Waals surface area contributed by atoms with E-state index >= 15 is 0 Å². The molecule has 1 fully saturated rings. The Kier molecular flexibility index (Phi) is 4.92. The molecule has 1 saturated heterocycles. The van der Waals surface area contributed by atoms with E-state index in [0.29, 0.717) is 51.4 Å². The Hall–Kier alpha value is -1.80. The molecule has 2 heterocycles. The zero-order valence-electron chi connectivity index (χ0n) is 14.7. The zero-order valence-corrected chi connectivity index (χ0v) is 15.5. The smallest absolute Gasteiger partial charge is 0.317 e. The number of sulfonamides is 1. The van der Waals surface area contributed by atoms with Gasteiger partial charge >= 0.3 is 6.03 Å². The van der Waals surface area contributed by atoms with Gasteiger partial charge in [0.2, 0.25) is 10.0 Å². The molecule has 0 aromatic heterocycles. The quantitative estimate of drug-likeness (QED) is 0.816. The molecule has 8 heteroatoms. The molecule has 0 aliphatic carbocycles. The van der Waals surface area contributed by atoms with Crippen LogP contribution < -0.4 is 10.1 Å². The average Bonchev–Trinajstić information content (AvgIpc) is 2.64. The lowest BCUT2D eigenvalue weighted by atomic mass is 9.79. The van der Waals surface area contributed by atoms with Gasteiger partial charge in [-0.1, -0.05) is 19.1 Å². The van der Waals surface area contributed by atoms with E-state index in [0.717, 1.165) is 0 Å². The first-order chi connectivity index (χ1) is 11.9. The number of nitrogens with zero attached hydrogens (tertiary/aromatic N) is 2. The summed E-state index contributed by atoms with van der Waals surface area (Å²) in [6, 6.07) is 6.71. The predicted octanol–water partition coefficient (Wildman–Crippen LogP) is 1.51. The summed E-state index contributed by atoms with van der Waals surface area (Å²) in [5.41, 5.74) is -0.277. The number of benzene rings is 1. The molecule has 25 heavy (non-hydrogen) atoms. The monoisotopic (exact) mass is 367 g/mol. The number of hydrogen-bond acceptors (Lipinski definition) is 4. The first-order valence-electron chi connectivity index (χ1n) is 8.60. The van der Waals surface area contributed by atoms with Gasteiger partial charge in [-0.05, 0) is 25.0 Å². The Labute approximate surface area is 149 Å². The molecule has 1 N–H and O–H groups in total. The second kappa shape index (κ2) is 6.84. The fourth-order valence-corrected chi connectivity index (χ4v) is 5.28. The Bertz CT molecular complexity index is 742. The molecule has 138 valence electrons. The molecule has 3 rings (SSSR count). The number of piperidine rings is 1. The third-order valence-electron chi connectivity index (χ3n) is 5.19. The van der Waals surface area contributed by atoms with E-state index in [1.54, 1.807) is 40.5 Å². The van der Waals surface area contributed by atoms with Crippen LogP contribution in [0.4, 0.5) is 4.79 Å². The molecule has 0 atom stereocenters. The van der Waals surface area contributed by atoms with E-state index in [1.165, 1.54) is 0 Å². The normalized spacial score (nSPS) is 22.4. The third kappa shape index (κ3) is 3.32. The van der Waals surface area contributed by atoms with Gasteiger partial charge in [0.15, 0.2) is 0 Å². The van der Waals surface area contributed by atoms with Crippen molar-refractivity contribution < 1.29 is 17.9 Å². The molecule has 0 unspecified atom stereocenters. The second-order valence-corrected chi connectivity index (χ2v) is 8.62. The van der Waals surface area contributed by atoms with Crippen molar-refractivity contribution in [1.29, 1.82) is 0 Å². The topological polar surface area (TPSA) is 79.0 Å². The van der Waals surface area contributed by atoms with Crippen molar-refractivity contribution in [2.45, 2.75) is 24.7 Å². The summed E-state index contributed by atoms with van der Waals surface area (Å²) in [6.45, 7) is 4.34. The van der Waals surface area contributed by atoms with Gasteiger partial charge in [-0.25, -0.2) is 13.2 Å². The highest BCUT2D eigenvalue weighted by Gasteiger charge is 2.42. The summed E-state index contributed by atoms with van der Waals surface area (Å²) >= 11 is 0. The number of amides is 2. The van der Waals surface area contributed by atoms with E-state index in [9.17, 15) is 13.2 Å². The maximum Gasteiger partial charge on any atom is 0.317 e. The SMILES string of the molecule is CCN1CC2(CCN(C(=O)NC)CC2)COc2ccccc2S1(=O)=O. The molecular weight excluding hydrogens is 342 g/mol. The minimum atomic E-state index is -3.59. The van der Waals surface area contributed by atoms with Gasteiger partial charge in [0.25, 0.3) is 0 Å². The van der Waals surface area contributed by atoms with Gasteiger partial charge < -0.3 is 15.0 Å². The first-order valence-corrected chi connectivity index (χ1v) is 10.0. The van der Waals surface area contributed by atoms with Gasteiger partial charge in [-0.2, -0.15) is 4.31 Å². The van der Waals surface area contributed by atoms with Crippen LogP contribution in [-0.4, -0.2) is 63.5 Å². The number of likely N-dealkylation sites (tertiary alicyclic amines) is 1. The van der Waals surface area contributed by atoms with Crippen molar-refractivity contribution in [1.82, 2.24) is 14.5 Å². The van der Waals surface area contributed by atoms with E-state index in [-0.39, 0.29) is 16.3 Å². The fraction of sp³-hybridized carbons (Fsp3) is 0.588. The van der Waals surface area contributed by atoms with Gasteiger partial charge in [-0.15, -0.1) is 0 Å². The number of hydrogen-bond donors (Lipinski definition) is 1. The maximum atomic E-state index is 13.0. The molecule has 7 nitrogen and oxygen atoms in total. The lowest BCUT2D eigenvalue weighted by Crippen LogP contribution is -2.53. The number of urea groups is 1. The molecule has 1 aromatic carbocycles. The molecule has 1 aromatic rings. The van der Waals surface area contributed by atoms with E-state index in [4.69, 9.17) is 4.74 Å². The number of carbonyl (C=O) groups excluding carboxylic acids is 1. The molecule has 2 aliphatic rings. The van der Waals surface area contributed by atoms with Crippen LogP contribution in [0.1, 0.15) is 19.8 Å². The van der Waals surface area contributed by atoms with Crippen molar-refractivity contribution in [3.63, 3.8) is 0 Å². The van der Waals surface area contributed by atoms with Crippen LogP contribution in [0.2, 0.25) is 0 Å². The number of carbonyl (C=O) groups is 1. The molecule has 0 bridgehead atoms. The van der Waals surface area contributed by atoms with Crippen LogP contribution in [-0.2, 0) is 10.0 Å². The first kappa shape index (κ1) is 18.0. The number of para-hydroxylation sites is 1. The van der Waals surface area contributed by atoms with Crippen molar-refractivity contribution in [2.75, 3.05) is 39.8 Å². The van der Waals surface area contributed by atoms with Crippen LogP contribution >= 0.6 is 0 Å². The van der Waals surface area contributed by atoms with Crippen molar-refractivity contribution >= 4 is 16.1 Å². The van der Waals surface area contributed by atoms with Gasteiger partial charge in [0.1, 0.15) is 10.6 Å². The van der Waals surface area contributed by atoms with Crippen LogP contribution in [0.25, 0.3) is 0 Å². The standard InChI is InChI=1S/C17H25N3O4S/c1-3-20-12-17(8-10-19(11-9-17)16(21)18-2)13-24-14-6-4-5-7-15(14)25(20,22)23/h4-7H,3,8-13H2,1-2H3,(H,18,21). The van der Waals surface area contributed by atoms with Gasteiger partial charge in [0.05, 0.1) is 6.61 Å². The van der Waals surface area contributed by atoms with Gasteiger partial charge in [0, 0.05) is 38.6 Å². The van der Waals surface area contributed by atoms with Crippen LogP contribution in [0.3, 0.4) is 0 Å². The zero-order chi connectivity index (χ0) is 18.1. The third-order valence-corrected chi connectivity index (χ3v) is 7.15. The highest BCUT2D eigenvalue weighted by Crippen LogP contribution is 2.39. The Morgan fingerprint density at radius 2 is 1.96 bits per heavy atom. The molecular formula is C17H25N3O4S. The maximum absolute atomic E-state index is 13.0. The minimum Gasteiger partial charge on any atom is -0.492 e. The Morgan fingerprint density at radius 1 is 1.28 bits per heavy atom. The largest absolute Gasteiger partial charge is 0.492 e. The molecule has 1 spiro atoms. The Morgan fingerprint density at radius 3 is 2.60 bits per heavy atom. The summed E-state index contributed by atoms with van der Waals surface area (Å²) in [5.74, 6) is 0.411. The molecule has 0 radical (unpaired) electrons. The number of nitrogens with one attached hydrogen (secondary N) is 1. The number of rotatable bonds is 1. The summed E-state index contributed by atoms with van der Waals surface area (Å²) < 4.78 is 33.5. The van der Waals surface area contributed by atoms with E-state index < -0.39 is 10.0 Å². The fourth-order valence-electron chi connectivity index (χ4n) is 3.58. The van der Waals surface area contributed by atoms with Crippen molar-refractivity contribution in [3.8, 4) is 5.75 Å². The van der Waals surface area contributed by atoms with Crippen LogP contribution in [0, 0.1) is 5.41 Å². The Balaban J connectivity index is 1.90. The molecule has 2 aliphatic heterocycles. The summed E-state index contributed by atoms with van der Waals surface area (Å²) in [7, 11) is -1.97. The second-order valence-electron chi connectivity index (χ2n) is 6.71. The highest BCUT2D eigenvalue weighted by atomic mass is 32.2. The molecule has 2 amide bonds.